The number of aliphatic hydroxyl groups is 2. The molecule has 0 saturated heterocycles. The molecule has 10 N–H and O–H groups in total. The van der Waals surface area contributed by atoms with Crippen molar-refractivity contribution < 1.29 is 91.4 Å². The lowest BCUT2D eigenvalue weighted by Gasteiger charge is -2.14. The fourth-order valence-corrected chi connectivity index (χ4v) is 9.43. The van der Waals surface area contributed by atoms with Crippen LogP contribution in [0.15, 0.2) is 134 Å². The Morgan fingerprint density at radius 3 is 1.73 bits per heavy atom. The highest BCUT2D eigenvalue weighted by Crippen LogP contribution is 2.48. The normalized spacial score (nSPS) is 14.8. The van der Waals surface area contributed by atoms with Crippen molar-refractivity contribution >= 4 is 125 Å². The van der Waals surface area contributed by atoms with Gasteiger partial charge in [0.05, 0.1) is 44.8 Å². The summed E-state index contributed by atoms with van der Waals surface area (Å²) < 4.78 is 147. The minimum absolute atomic E-state index is 0.0700. The summed E-state index contributed by atoms with van der Waals surface area (Å²) in [5, 5.41) is 67.7. The Bertz CT molecular complexity index is 3940. The van der Waals surface area contributed by atoms with Gasteiger partial charge in [0.1, 0.15) is 63.0 Å². The third-order valence-corrected chi connectivity index (χ3v) is 14.0. The minimum Gasteiger partial charge on any atom is -0.507 e. The molecule has 1 heterocycles. The maximum atomic E-state index is 13.4. The first-order chi connectivity index (χ1) is 34.6. The number of phenolic OH excluding ortho intramolecular Hbond substituents is 2. The predicted octanol–water partition coefficient (Wildman–Crippen LogP) is 4.96. The van der Waals surface area contributed by atoms with Gasteiger partial charge in [0.25, 0.3) is 52.3 Å². The van der Waals surface area contributed by atoms with Crippen molar-refractivity contribution in [3.8, 4) is 23.0 Å². The lowest BCUT2D eigenvalue weighted by molar-refractivity contribution is -0.118. The summed E-state index contributed by atoms with van der Waals surface area (Å²) in [4.78, 5) is 22.2. The summed E-state index contributed by atoms with van der Waals surface area (Å²) in [6.07, 6.45) is 0. The quantitative estimate of drug-likeness (QED) is 0.0405. The van der Waals surface area contributed by atoms with E-state index in [1.165, 1.54) is 0 Å². The summed E-state index contributed by atoms with van der Waals surface area (Å²) in [7, 11) is -20.1. The van der Waals surface area contributed by atoms with Crippen LogP contribution in [0.5, 0.6) is 23.0 Å². The number of carbonyl (C=O) groups is 2. The van der Waals surface area contributed by atoms with Gasteiger partial charge in [-0.25, -0.2) is 0 Å². The number of nitrogens with zero attached hydrogens (tertiary/aromatic N) is 8. The van der Waals surface area contributed by atoms with Gasteiger partial charge in [-0.2, -0.15) is 54.0 Å². The van der Waals surface area contributed by atoms with Gasteiger partial charge >= 0.3 is 0 Å². The van der Waals surface area contributed by atoms with Crippen LogP contribution in [0.3, 0.4) is 0 Å². The second-order valence-electron chi connectivity index (χ2n) is 14.9. The van der Waals surface area contributed by atoms with Crippen molar-refractivity contribution in [1.82, 2.24) is 0 Å². The average molecular weight is 1120 g/mol. The van der Waals surface area contributed by atoms with Gasteiger partial charge in [0.15, 0.2) is 11.5 Å². The molecule has 0 aliphatic carbocycles. The number of benzene rings is 6. The number of fused-ring (bicyclic) bond motifs is 2. The highest BCUT2D eigenvalue weighted by molar-refractivity contribution is 7.86. The second kappa shape index (κ2) is 20.7. The number of azo groups is 3. The molecule has 6 aromatic rings. The first kappa shape index (κ1) is 54.1. The van der Waals surface area contributed by atoms with E-state index in [2.05, 4.69) is 35.8 Å². The number of amides is 2. The van der Waals surface area contributed by atoms with E-state index in [9.17, 15) is 81.9 Å². The number of aliphatic hydroxyl groups excluding tert-OH is 2. The largest absolute Gasteiger partial charge is 0.507 e. The Hall–Kier alpha value is -7.70. The minimum atomic E-state index is -5.34. The molecule has 0 fully saturated rings. The first-order valence-electron chi connectivity index (χ1n) is 20.0. The predicted molar refractivity (Wildman–Crippen MR) is 254 cm³/mol. The van der Waals surface area contributed by atoms with Crippen LogP contribution in [0.4, 0.5) is 34.1 Å². The van der Waals surface area contributed by atoms with E-state index in [1.807, 2.05) is 0 Å². The fraction of sp³-hybridized carbons (Fsp3) is 0.125. The third-order valence-electron chi connectivity index (χ3n) is 10.1. The Kier molecular flexibility index (Phi) is 15.1. The molecule has 1 atom stereocenters. The van der Waals surface area contributed by atoms with Gasteiger partial charge in [0, 0.05) is 34.4 Å². The molecule has 74 heavy (non-hydrogen) atoms. The van der Waals surface area contributed by atoms with E-state index in [-0.39, 0.29) is 50.7 Å². The molecule has 388 valence electrons. The summed E-state index contributed by atoms with van der Waals surface area (Å²) in [6, 6.07) is 10.4. The van der Waals surface area contributed by atoms with Crippen LogP contribution in [0.25, 0.3) is 21.5 Å². The van der Waals surface area contributed by atoms with Crippen molar-refractivity contribution in [2.75, 3.05) is 31.4 Å². The molecule has 7 rings (SSSR count). The molecular weight excluding hydrogens is 1090 g/mol. The molecule has 0 radical (unpaired) electrons. The van der Waals surface area contributed by atoms with Crippen LogP contribution >= 0.6 is 11.6 Å². The lowest BCUT2D eigenvalue weighted by atomic mass is 10.1. The Labute approximate surface area is 420 Å². The summed E-state index contributed by atoms with van der Waals surface area (Å²) >= 11 is 6.60. The summed E-state index contributed by atoms with van der Waals surface area (Å²) in [6.45, 7) is -2.04. The van der Waals surface area contributed by atoms with Crippen LogP contribution in [0.2, 0.25) is 5.02 Å². The molecule has 1 unspecified atom stereocenters. The van der Waals surface area contributed by atoms with E-state index >= 15 is 0 Å². The van der Waals surface area contributed by atoms with Crippen LogP contribution < -0.4 is 20.2 Å². The van der Waals surface area contributed by atoms with Crippen molar-refractivity contribution in [2.45, 2.75) is 25.6 Å². The molecule has 29 nitrogen and oxygen atoms in total. The maximum Gasteiger partial charge on any atom is 0.296 e. The van der Waals surface area contributed by atoms with Crippen LogP contribution in [-0.2, 0) is 50.1 Å². The molecule has 0 saturated carbocycles. The monoisotopic (exact) mass is 1120 g/mol. The van der Waals surface area contributed by atoms with Gasteiger partial charge in [-0.05, 0) is 60.7 Å². The molecule has 0 bridgehead atoms. The number of rotatable bonds is 18. The number of hydrogen-bond acceptors (Lipinski definition) is 23. The van der Waals surface area contributed by atoms with E-state index < -0.39 is 143 Å². The van der Waals surface area contributed by atoms with Gasteiger partial charge in [-0.3, -0.25) is 27.8 Å². The topological polar surface area (TPSA) is 467 Å². The van der Waals surface area contributed by atoms with Gasteiger partial charge in [-0.1, -0.05) is 11.6 Å². The number of ether oxygens (including phenoxy) is 2. The Balaban J connectivity index is 1.28. The number of hydrogen-bond donors (Lipinski definition) is 9. The van der Waals surface area contributed by atoms with Crippen molar-refractivity contribution in [2.24, 2.45) is 41.5 Å². The number of aromatic hydroxyl groups is 2. The molecule has 1 aliphatic heterocycles. The number of nitrogens with two attached hydrogens (primary N) is 1. The average Bonchev–Trinajstić information content (AvgIpc) is 3.65. The molecule has 2 amide bonds. The van der Waals surface area contributed by atoms with Gasteiger partial charge < -0.3 is 35.6 Å². The first-order valence-corrected chi connectivity index (χ1v) is 26.2. The summed E-state index contributed by atoms with van der Waals surface area (Å²) in [5.74, 6) is -4.69. The SMILES string of the molecule is NC(=O)C1=NN(c2ccc(S(=O)(=O)O)cc2)C(=O)C1/N=N/c1ccc2c(O)c(/N=N/c3cc(OCCO)c(/N=N/c4ccc(S(=O)(=O)O)c5cc(S(=O)(=O)O)cc(O)c45)cc3OCCO)c(S(=O)(=O)O)cc2c1Cl. The summed E-state index contributed by atoms with van der Waals surface area (Å²) in [5.41, 5.74) is 2.58. The number of primary amides is 1. The third kappa shape index (κ3) is 11.3. The zero-order valence-corrected chi connectivity index (χ0v) is 40.6. The molecule has 1 aliphatic rings. The smallest absolute Gasteiger partial charge is 0.296 e. The number of hydrazone groups is 1. The fourth-order valence-electron chi connectivity index (χ4n) is 6.84. The molecule has 34 heteroatoms. The zero-order chi connectivity index (χ0) is 54.2. The standard InChI is InChI=1S/C40H32ClN9O20S4/c41-34-22-15-32(74(66,67)68)35(38(54)21(22)5-6-25(34)44-48-37-36(39(42)55)49-50(40(37)56)18-1-3-19(4-2-18)71(57,58)59)47-46-27-17-29(69-11-9-51)26(16-30(27)70-12-10-52)45-43-24-7-8-31(73(63,64)65)23-13-20(72(60,61)62)14-28(53)33(23)24/h1-8,13-17,37,51-54H,9-12H2,(H2,42,55)(H,57,58,59)(H,60,61,62)(H,63,64,65)(H,66,67,68)/b45-43+,47-46+,48-44+. The van der Waals surface area contributed by atoms with Crippen LogP contribution in [0, 0.1) is 0 Å². The number of carbonyl (C=O) groups excluding carboxylic acids is 2. The lowest BCUT2D eigenvalue weighted by Crippen LogP contribution is -2.35. The Morgan fingerprint density at radius 2 is 1.19 bits per heavy atom. The number of anilines is 1. The van der Waals surface area contributed by atoms with E-state index in [4.69, 9.17) is 26.8 Å². The molecular formula is C40H32ClN9O20S4. The number of halogens is 1. The van der Waals surface area contributed by atoms with Gasteiger partial charge in [-0.15, -0.1) is 20.5 Å². The number of phenols is 2. The molecule has 0 spiro atoms. The van der Waals surface area contributed by atoms with E-state index in [1.54, 1.807) is 0 Å². The maximum absolute atomic E-state index is 13.4. The van der Waals surface area contributed by atoms with E-state index in [0.717, 1.165) is 66.7 Å². The second-order valence-corrected chi connectivity index (χ2v) is 20.9. The molecule has 6 aromatic carbocycles. The molecule has 0 aromatic heterocycles. The van der Waals surface area contributed by atoms with Crippen LogP contribution in [0.1, 0.15) is 0 Å². The van der Waals surface area contributed by atoms with Crippen LogP contribution in [-0.4, -0.2) is 122 Å². The van der Waals surface area contributed by atoms with Crippen molar-refractivity contribution in [3.63, 3.8) is 0 Å². The van der Waals surface area contributed by atoms with Crippen molar-refractivity contribution in [3.05, 3.63) is 83.9 Å². The van der Waals surface area contributed by atoms with Gasteiger partial charge in [0.2, 0.25) is 6.04 Å². The van der Waals surface area contributed by atoms with Crippen molar-refractivity contribution in [1.29, 1.82) is 0 Å². The Morgan fingerprint density at radius 1 is 0.635 bits per heavy atom. The highest BCUT2D eigenvalue weighted by atomic mass is 35.5. The zero-order valence-electron chi connectivity index (χ0n) is 36.6. The highest BCUT2D eigenvalue weighted by Gasteiger charge is 2.40. The van der Waals surface area contributed by atoms with E-state index in [0.29, 0.717) is 17.1 Å².